The van der Waals surface area contributed by atoms with E-state index in [1.807, 2.05) is 6.07 Å². The van der Waals surface area contributed by atoms with Gasteiger partial charge in [0.15, 0.2) is 5.16 Å². The van der Waals surface area contributed by atoms with E-state index in [1.165, 1.54) is 17.8 Å². The van der Waals surface area contributed by atoms with E-state index in [-0.39, 0.29) is 23.0 Å². The summed E-state index contributed by atoms with van der Waals surface area (Å²) in [5, 5.41) is 1.02. The molecular formula is C20H18F2N2O2S. The van der Waals surface area contributed by atoms with E-state index in [1.54, 1.807) is 22.8 Å². The number of ether oxygens (including phenoxy) is 1. The smallest absolute Gasteiger partial charge is 0.262 e. The summed E-state index contributed by atoms with van der Waals surface area (Å²) in [4.78, 5) is 17.6. The summed E-state index contributed by atoms with van der Waals surface area (Å²) in [5.41, 5.74) is 0.692. The highest BCUT2D eigenvalue weighted by Gasteiger charge is 2.20. The standard InChI is InChI=1S/C20H18F2N2O2S/c21-14-7-8-17(22)13(10-14)12-27-20-23-18-6-2-1-5-16(18)19(25)24(20)11-15-4-3-9-26-15/h1-2,5-8,10,15H,3-4,9,11-12H2. The average molecular weight is 388 g/mol. The van der Waals surface area contributed by atoms with Crippen molar-refractivity contribution < 1.29 is 13.5 Å². The first-order chi connectivity index (χ1) is 13.1. The van der Waals surface area contributed by atoms with E-state index < -0.39 is 11.6 Å². The van der Waals surface area contributed by atoms with Crippen molar-refractivity contribution >= 4 is 22.7 Å². The molecule has 1 aliphatic heterocycles. The van der Waals surface area contributed by atoms with Crippen molar-refractivity contribution in [3.63, 3.8) is 0 Å². The summed E-state index contributed by atoms with van der Waals surface area (Å²) in [7, 11) is 0. The molecule has 0 N–H and O–H groups in total. The lowest BCUT2D eigenvalue weighted by atomic mass is 10.2. The van der Waals surface area contributed by atoms with Crippen molar-refractivity contribution in [3.05, 3.63) is 70.0 Å². The van der Waals surface area contributed by atoms with Gasteiger partial charge in [0.1, 0.15) is 11.6 Å². The van der Waals surface area contributed by atoms with Crippen LogP contribution < -0.4 is 5.56 Å². The summed E-state index contributed by atoms with van der Waals surface area (Å²) in [6, 6.07) is 10.5. The van der Waals surface area contributed by atoms with Crippen molar-refractivity contribution in [2.45, 2.75) is 36.4 Å². The van der Waals surface area contributed by atoms with Crippen molar-refractivity contribution in [3.8, 4) is 0 Å². The van der Waals surface area contributed by atoms with Gasteiger partial charge in [-0.2, -0.15) is 0 Å². The molecule has 0 saturated carbocycles. The Bertz CT molecular complexity index is 1030. The summed E-state index contributed by atoms with van der Waals surface area (Å²) in [6.07, 6.45) is 1.83. The number of para-hydroxylation sites is 1. The minimum Gasteiger partial charge on any atom is -0.376 e. The molecular weight excluding hydrogens is 370 g/mol. The molecule has 3 aromatic rings. The zero-order valence-corrected chi connectivity index (χ0v) is 15.3. The molecule has 0 radical (unpaired) electrons. The Morgan fingerprint density at radius 3 is 2.89 bits per heavy atom. The SMILES string of the molecule is O=c1c2ccccc2nc(SCc2cc(F)ccc2F)n1CC1CCCO1. The largest absolute Gasteiger partial charge is 0.376 e. The Kier molecular flexibility index (Phi) is 5.22. The number of aromatic nitrogens is 2. The lowest BCUT2D eigenvalue weighted by molar-refractivity contribution is 0.0937. The molecule has 140 valence electrons. The van der Waals surface area contributed by atoms with Gasteiger partial charge in [-0.3, -0.25) is 9.36 Å². The minimum absolute atomic E-state index is 0.0316. The molecule has 27 heavy (non-hydrogen) atoms. The first-order valence-electron chi connectivity index (χ1n) is 8.80. The second-order valence-corrected chi connectivity index (χ2v) is 7.43. The molecule has 4 nitrogen and oxygen atoms in total. The van der Waals surface area contributed by atoms with Gasteiger partial charge in [0.25, 0.3) is 5.56 Å². The van der Waals surface area contributed by atoms with Gasteiger partial charge in [-0.1, -0.05) is 23.9 Å². The van der Waals surface area contributed by atoms with Gasteiger partial charge in [0, 0.05) is 17.9 Å². The van der Waals surface area contributed by atoms with Crippen LogP contribution in [-0.2, 0) is 17.0 Å². The summed E-state index contributed by atoms with van der Waals surface area (Å²) in [6.45, 7) is 1.10. The number of fused-ring (bicyclic) bond motifs is 1. The van der Waals surface area contributed by atoms with Gasteiger partial charge in [0.2, 0.25) is 0 Å². The fourth-order valence-electron chi connectivity index (χ4n) is 3.21. The fraction of sp³-hybridized carbons (Fsp3) is 0.300. The second-order valence-electron chi connectivity index (χ2n) is 6.49. The Balaban J connectivity index is 1.70. The van der Waals surface area contributed by atoms with Crippen LogP contribution in [0.15, 0.2) is 52.4 Å². The van der Waals surface area contributed by atoms with Crippen molar-refractivity contribution in [1.82, 2.24) is 9.55 Å². The van der Waals surface area contributed by atoms with Gasteiger partial charge in [-0.05, 0) is 43.2 Å². The predicted molar refractivity (Wildman–Crippen MR) is 101 cm³/mol. The van der Waals surface area contributed by atoms with Gasteiger partial charge < -0.3 is 4.74 Å². The number of thioether (sulfide) groups is 1. The molecule has 0 aliphatic carbocycles. The maximum Gasteiger partial charge on any atom is 0.262 e. The monoisotopic (exact) mass is 388 g/mol. The number of rotatable bonds is 5. The highest BCUT2D eigenvalue weighted by molar-refractivity contribution is 7.98. The van der Waals surface area contributed by atoms with Crippen LogP contribution >= 0.6 is 11.8 Å². The fourth-order valence-corrected chi connectivity index (χ4v) is 4.19. The second kappa shape index (κ2) is 7.78. The first kappa shape index (κ1) is 18.1. The molecule has 1 atom stereocenters. The minimum atomic E-state index is -0.491. The molecule has 1 unspecified atom stereocenters. The van der Waals surface area contributed by atoms with Crippen LogP contribution in [0.1, 0.15) is 18.4 Å². The zero-order valence-electron chi connectivity index (χ0n) is 14.5. The van der Waals surface area contributed by atoms with E-state index in [9.17, 15) is 13.6 Å². The molecule has 0 amide bonds. The van der Waals surface area contributed by atoms with E-state index in [2.05, 4.69) is 4.98 Å². The Morgan fingerprint density at radius 2 is 2.07 bits per heavy atom. The van der Waals surface area contributed by atoms with Gasteiger partial charge in [-0.25, -0.2) is 13.8 Å². The zero-order chi connectivity index (χ0) is 18.8. The average Bonchev–Trinajstić information content (AvgIpc) is 3.18. The molecule has 7 heteroatoms. The van der Waals surface area contributed by atoms with Crippen LogP contribution in [0.3, 0.4) is 0 Å². The van der Waals surface area contributed by atoms with Crippen LogP contribution in [0.5, 0.6) is 0 Å². The Labute approximate surface area is 159 Å². The number of hydrogen-bond acceptors (Lipinski definition) is 4. The molecule has 1 aromatic heterocycles. The van der Waals surface area contributed by atoms with Crippen molar-refractivity contribution in [2.75, 3.05) is 6.61 Å². The summed E-state index contributed by atoms with van der Waals surface area (Å²) < 4.78 is 34.6. The number of nitrogens with zero attached hydrogens (tertiary/aromatic N) is 2. The molecule has 0 spiro atoms. The van der Waals surface area contributed by atoms with Crippen LogP contribution in [0, 0.1) is 11.6 Å². The first-order valence-corrected chi connectivity index (χ1v) is 9.78. The lowest BCUT2D eigenvalue weighted by Crippen LogP contribution is -2.28. The topological polar surface area (TPSA) is 44.1 Å². The normalized spacial score (nSPS) is 16.9. The van der Waals surface area contributed by atoms with Gasteiger partial charge in [-0.15, -0.1) is 0 Å². The molecule has 2 heterocycles. The van der Waals surface area contributed by atoms with Crippen LogP contribution in [0.2, 0.25) is 0 Å². The molecule has 1 saturated heterocycles. The molecule has 1 fully saturated rings. The van der Waals surface area contributed by atoms with Crippen LogP contribution in [-0.4, -0.2) is 22.3 Å². The third-order valence-electron chi connectivity index (χ3n) is 4.60. The van der Waals surface area contributed by atoms with E-state index in [0.29, 0.717) is 29.2 Å². The number of benzene rings is 2. The third kappa shape index (κ3) is 3.89. The van der Waals surface area contributed by atoms with E-state index >= 15 is 0 Å². The number of halogens is 2. The Hall–Kier alpha value is -2.25. The van der Waals surface area contributed by atoms with E-state index in [4.69, 9.17) is 4.74 Å². The number of hydrogen-bond donors (Lipinski definition) is 0. The highest BCUT2D eigenvalue weighted by Crippen LogP contribution is 2.25. The van der Waals surface area contributed by atoms with Crippen molar-refractivity contribution in [2.24, 2.45) is 0 Å². The quantitative estimate of drug-likeness (QED) is 0.487. The summed E-state index contributed by atoms with van der Waals surface area (Å²) in [5.74, 6) is -0.784. The maximum absolute atomic E-state index is 13.9. The maximum atomic E-state index is 13.9. The lowest BCUT2D eigenvalue weighted by Gasteiger charge is -2.16. The van der Waals surface area contributed by atoms with E-state index in [0.717, 1.165) is 25.0 Å². The van der Waals surface area contributed by atoms with Gasteiger partial charge in [0.05, 0.1) is 23.6 Å². The van der Waals surface area contributed by atoms with Crippen LogP contribution in [0.4, 0.5) is 8.78 Å². The van der Waals surface area contributed by atoms with Crippen LogP contribution in [0.25, 0.3) is 10.9 Å². The molecule has 2 aromatic carbocycles. The predicted octanol–water partition coefficient (Wildman–Crippen LogP) is 4.15. The third-order valence-corrected chi connectivity index (χ3v) is 5.63. The summed E-state index contributed by atoms with van der Waals surface area (Å²) >= 11 is 1.23. The molecule has 0 bridgehead atoms. The molecule has 1 aliphatic rings. The van der Waals surface area contributed by atoms with Gasteiger partial charge >= 0.3 is 0 Å². The van der Waals surface area contributed by atoms with Crippen molar-refractivity contribution in [1.29, 1.82) is 0 Å². The highest BCUT2D eigenvalue weighted by atomic mass is 32.2. The Morgan fingerprint density at radius 1 is 1.22 bits per heavy atom. The molecule has 4 rings (SSSR count).